The Morgan fingerprint density at radius 1 is 1.71 bits per heavy atom. The summed E-state index contributed by atoms with van der Waals surface area (Å²) in [6, 6.07) is 0.193. The molecule has 0 aromatic carbocycles. The summed E-state index contributed by atoms with van der Waals surface area (Å²) in [6.07, 6.45) is 2.35. The number of methoxy groups -OCH3 is 1. The lowest BCUT2D eigenvalue weighted by molar-refractivity contribution is -0.0174. The highest BCUT2D eigenvalue weighted by Crippen LogP contribution is 2.21. The predicted octanol–water partition coefficient (Wildman–Crippen LogP) is 0.297. The molecule has 0 aromatic rings. The highest BCUT2D eigenvalue weighted by molar-refractivity contribution is 5.80. The van der Waals surface area contributed by atoms with E-state index in [0.29, 0.717) is 13.0 Å². The van der Waals surface area contributed by atoms with E-state index in [9.17, 15) is 0 Å². The Labute approximate surface area is 102 Å². The largest absolute Gasteiger partial charge is 0.409 e. The standard InChI is InChI=1S/C11H23N3O3/c1-3-9(6-10(12)14-15)13-7-11(16-2)4-5-17-8-11/h9,13,15H,3-8H2,1-2H3,(H2,12,14). The molecule has 6 heteroatoms. The van der Waals surface area contributed by atoms with Crippen LogP contribution in [0.1, 0.15) is 26.2 Å². The predicted molar refractivity (Wildman–Crippen MR) is 65.3 cm³/mol. The number of hydrogen-bond acceptors (Lipinski definition) is 5. The van der Waals surface area contributed by atoms with E-state index in [0.717, 1.165) is 26.0 Å². The summed E-state index contributed by atoms with van der Waals surface area (Å²) >= 11 is 0. The van der Waals surface area contributed by atoms with Crippen molar-refractivity contribution in [2.75, 3.05) is 26.9 Å². The Hall–Kier alpha value is -0.850. The molecule has 0 amide bonds. The van der Waals surface area contributed by atoms with Crippen LogP contribution >= 0.6 is 0 Å². The fourth-order valence-electron chi connectivity index (χ4n) is 1.95. The minimum absolute atomic E-state index is 0.193. The Morgan fingerprint density at radius 2 is 2.47 bits per heavy atom. The number of nitrogens with two attached hydrogens (primary N) is 1. The number of hydrogen-bond donors (Lipinski definition) is 3. The minimum Gasteiger partial charge on any atom is -0.409 e. The highest BCUT2D eigenvalue weighted by atomic mass is 16.5. The van der Waals surface area contributed by atoms with Crippen molar-refractivity contribution in [3.63, 3.8) is 0 Å². The number of amidine groups is 1. The summed E-state index contributed by atoms with van der Waals surface area (Å²) < 4.78 is 10.9. The third-order valence-corrected chi connectivity index (χ3v) is 3.29. The molecular weight excluding hydrogens is 222 g/mol. The van der Waals surface area contributed by atoms with Crippen molar-refractivity contribution in [3.8, 4) is 0 Å². The minimum atomic E-state index is -0.224. The van der Waals surface area contributed by atoms with Gasteiger partial charge in [0.15, 0.2) is 0 Å². The van der Waals surface area contributed by atoms with Crippen LogP contribution in [0.25, 0.3) is 0 Å². The second kappa shape index (κ2) is 6.78. The van der Waals surface area contributed by atoms with Gasteiger partial charge in [-0.05, 0) is 6.42 Å². The maximum Gasteiger partial charge on any atom is 0.140 e. The van der Waals surface area contributed by atoms with Crippen LogP contribution in [0.4, 0.5) is 0 Å². The number of nitrogens with one attached hydrogen (secondary N) is 1. The molecule has 1 heterocycles. The average molecular weight is 245 g/mol. The number of oxime groups is 1. The van der Waals surface area contributed by atoms with Crippen LogP contribution in [0.3, 0.4) is 0 Å². The van der Waals surface area contributed by atoms with Gasteiger partial charge in [0.05, 0.1) is 6.61 Å². The van der Waals surface area contributed by atoms with Crippen LogP contribution in [-0.4, -0.2) is 49.6 Å². The Morgan fingerprint density at radius 3 is 2.94 bits per heavy atom. The molecule has 1 rings (SSSR count). The first-order valence-corrected chi connectivity index (χ1v) is 5.98. The average Bonchev–Trinajstić information content (AvgIpc) is 2.83. The van der Waals surface area contributed by atoms with E-state index < -0.39 is 0 Å². The Bertz CT molecular complexity index is 252. The Balaban J connectivity index is 2.40. The molecule has 0 saturated carbocycles. The fraction of sp³-hybridized carbons (Fsp3) is 0.909. The molecule has 0 aliphatic carbocycles. The molecule has 4 N–H and O–H groups in total. The topological polar surface area (TPSA) is 89.1 Å². The van der Waals surface area contributed by atoms with E-state index in [-0.39, 0.29) is 17.5 Å². The van der Waals surface area contributed by atoms with Gasteiger partial charge in [-0.3, -0.25) is 0 Å². The van der Waals surface area contributed by atoms with Crippen molar-refractivity contribution in [2.24, 2.45) is 10.9 Å². The van der Waals surface area contributed by atoms with Crippen molar-refractivity contribution in [3.05, 3.63) is 0 Å². The normalized spacial score (nSPS) is 27.3. The van der Waals surface area contributed by atoms with Crippen LogP contribution in [-0.2, 0) is 9.47 Å². The zero-order valence-corrected chi connectivity index (χ0v) is 10.6. The molecular formula is C11H23N3O3. The number of ether oxygens (including phenoxy) is 2. The molecule has 2 atom stereocenters. The van der Waals surface area contributed by atoms with Gasteiger partial charge in [0, 0.05) is 39.1 Å². The first kappa shape index (κ1) is 14.2. The van der Waals surface area contributed by atoms with Crippen molar-refractivity contribution >= 4 is 5.84 Å². The van der Waals surface area contributed by atoms with Crippen molar-refractivity contribution in [2.45, 2.75) is 37.8 Å². The summed E-state index contributed by atoms with van der Waals surface area (Å²) in [5, 5.41) is 14.9. The maximum absolute atomic E-state index is 8.55. The van der Waals surface area contributed by atoms with Gasteiger partial charge in [0.2, 0.25) is 0 Å². The molecule has 1 aliphatic heterocycles. The van der Waals surface area contributed by atoms with Crippen LogP contribution in [0, 0.1) is 0 Å². The molecule has 17 heavy (non-hydrogen) atoms. The first-order chi connectivity index (χ1) is 8.15. The molecule has 1 fully saturated rings. The second-order valence-electron chi connectivity index (χ2n) is 4.47. The van der Waals surface area contributed by atoms with Gasteiger partial charge in [-0.2, -0.15) is 0 Å². The lowest BCUT2D eigenvalue weighted by atomic mass is 10.0. The first-order valence-electron chi connectivity index (χ1n) is 5.98. The molecule has 0 spiro atoms. The quantitative estimate of drug-likeness (QED) is 0.260. The van der Waals surface area contributed by atoms with E-state index in [1.165, 1.54) is 0 Å². The number of rotatable bonds is 7. The number of nitrogens with zero attached hydrogens (tertiary/aromatic N) is 1. The molecule has 6 nitrogen and oxygen atoms in total. The van der Waals surface area contributed by atoms with Crippen molar-refractivity contribution in [1.29, 1.82) is 0 Å². The third kappa shape index (κ3) is 4.14. The molecule has 1 aliphatic rings. The van der Waals surface area contributed by atoms with Gasteiger partial charge in [-0.15, -0.1) is 0 Å². The SMILES string of the molecule is CCC(CC(N)=NO)NCC1(OC)CCOC1. The van der Waals surface area contributed by atoms with E-state index in [1.54, 1.807) is 7.11 Å². The second-order valence-corrected chi connectivity index (χ2v) is 4.47. The molecule has 0 radical (unpaired) electrons. The van der Waals surface area contributed by atoms with Crippen molar-refractivity contribution < 1.29 is 14.7 Å². The summed E-state index contributed by atoms with van der Waals surface area (Å²) in [5.74, 6) is 0.249. The van der Waals surface area contributed by atoms with E-state index in [2.05, 4.69) is 17.4 Å². The molecule has 0 aromatic heterocycles. The molecule has 2 unspecified atom stereocenters. The molecule has 100 valence electrons. The zero-order chi connectivity index (χ0) is 12.7. The van der Waals surface area contributed by atoms with E-state index >= 15 is 0 Å². The smallest absolute Gasteiger partial charge is 0.140 e. The van der Waals surface area contributed by atoms with Gasteiger partial charge in [-0.1, -0.05) is 12.1 Å². The summed E-state index contributed by atoms with van der Waals surface area (Å²) in [7, 11) is 1.71. The van der Waals surface area contributed by atoms with Crippen LogP contribution in [0.5, 0.6) is 0 Å². The van der Waals surface area contributed by atoms with Crippen LogP contribution < -0.4 is 11.1 Å². The summed E-state index contributed by atoms with van der Waals surface area (Å²) in [6.45, 7) is 4.15. The summed E-state index contributed by atoms with van der Waals surface area (Å²) in [4.78, 5) is 0. The monoisotopic (exact) mass is 245 g/mol. The van der Waals surface area contributed by atoms with Crippen LogP contribution in [0.2, 0.25) is 0 Å². The van der Waals surface area contributed by atoms with E-state index in [1.807, 2.05) is 0 Å². The maximum atomic E-state index is 8.55. The van der Waals surface area contributed by atoms with Crippen LogP contribution in [0.15, 0.2) is 5.16 Å². The molecule has 1 saturated heterocycles. The van der Waals surface area contributed by atoms with E-state index in [4.69, 9.17) is 20.4 Å². The van der Waals surface area contributed by atoms with Gasteiger partial charge in [0.25, 0.3) is 0 Å². The third-order valence-electron chi connectivity index (χ3n) is 3.29. The lowest BCUT2D eigenvalue weighted by Gasteiger charge is -2.28. The lowest BCUT2D eigenvalue weighted by Crippen LogP contribution is -2.47. The van der Waals surface area contributed by atoms with Gasteiger partial charge < -0.3 is 25.7 Å². The van der Waals surface area contributed by atoms with Gasteiger partial charge >= 0.3 is 0 Å². The fourth-order valence-corrected chi connectivity index (χ4v) is 1.95. The molecule has 0 bridgehead atoms. The Kier molecular flexibility index (Phi) is 5.67. The zero-order valence-electron chi connectivity index (χ0n) is 10.6. The highest BCUT2D eigenvalue weighted by Gasteiger charge is 2.35. The van der Waals surface area contributed by atoms with Gasteiger partial charge in [-0.25, -0.2) is 0 Å². The summed E-state index contributed by atoms with van der Waals surface area (Å²) in [5.41, 5.74) is 5.28. The van der Waals surface area contributed by atoms with Gasteiger partial charge in [0.1, 0.15) is 11.4 Å². The van der Waals surface area contributed by atoms with Crippen molar-refractivity contribution in [1.82, 2.24) is 5.32 Å².